The number of nitrogens with two attached hydrogens (primary N) is 2. The Kier molecular flexibility index (Phi) is 5.45. The second-order valence-corrected chi connectivity index (χ2v) is 4.92. The Morgan fingerprint density at radius 1 is 1.21 bits per heavy atom. The van der Waals surface area contributed by atoms with E-state index in [1.807, 2.05) is 0 Å². The van der Waals surface area contributed by atoms with Gasteiger partial charge in [0.1, 0.15) is 0 Å². The Hall–Kier alpha value is -1.29. The first kappa shape index (κ1) is 14.1. The predicted molar refractivity (Wildman–Crippen MR) is 78.8 cm³/mol. The summed E-state index contributed by atoms with van der Waals surface area (Å²) in [5, 5.41) is 0. The Morgan fingerprint density at radius 2 is 2.11 bits per heavy atom. The third-order valence-corrected chi connectivity index (χ3v) is 3.55. The zero-order chi connectivity index (χ0) is 13.5. The first-order chi connectivity index (χ1) is 9.35. The molecule has 19 heavy (non-hydrogen) atoms. The van der Waals surface area contributed by atoms with E-state index in [1.165, 1.54) is 16.7 Å². The van der Waals surface area contributed by atoms with E-state index in [9.17, 15) is 0 Å². The molecule has 0 saturated heterocycles. The standard InChI is InChI=1S/C16H23N2O/c17-9-7-13-3-1-5-15(13)11-19-12-16-6-2-4-14(16)8-10-18/h1-6,13H,7-12,17-18H2/q-1. The van der Waals surface area contributed by atoms with Crippen molar-refractivity contribution in [3.8, 4) is 0 Å². The maximum Gasteiger partial charge on any atom is 0.0675 e. The Labute approximate surface area is 115 Å². The van der Waals surface area contributed by atoms with Crippen molar-refractivity contribution in [2.75, 3.05) is 19.7 Å². The van der Waals surface area contributed by atoms with Gasteiger partial charge in [0.2, 0.25) is 0 Å². The van der Waals surface area contributed by atoms with E-state index in [0.29, 0.717) is 25.7 Å². The molecule has 3 nitrogen and oxygen atoms in total. The van der Waals surface area contributed by atoms with E-state index >= 15 is 0 Å². The topological polar surface area (TPSA) is 61.3 Å². The van der Waals surface area contributed by atoms with E-state index < -0.39 is 0 Å². The summed E-state index contributed by atoms with van der Waals surface area (Å²) in [5.41, 5.74) is 15.1. The molecule has 1 unspecified atom stereocenters. The van der Waals surface area contributed by atoms with Gasteiger partial charge in [-0.3, -0.25) is 0 Å². The molecule has 0 bridgehead atoms. The smallest absolute Gasteiger partial charge is 0.0675 e. The first-order valence-corrected chi connectivity index (χ1v) is 6.93. The molecule has 104 valence electrons. The highest BCUT2D eigenvalue weighted by Gasteiger charge is 2.13. The summed E-state index contributed by atoms with van der Waals surface area (Å²) in [6.07, 6.45) is 8.37. The van der Waals surface area contributed by atoms with Crippen LogP contribution in [0.25, 0.3) is 0 Å². The lowest BCUT2D eigenvalue weighted by molar-refractivity contribution is 0.138. The molecule has 0 aromatic heterocycles. The molecule has 4 N–H and O–H groups in total. The van der Waals surface area contributed by atoms with E-state index in [0.717, 1.165) is 19.4 Å². The van der Waals surface area contributed by atoms with Gasteiger partial charge in [0.15, 0.2) is 0 Å². The maximum absolute atomic E-state index is 5.84. The summed E-state index contributed by atoms with van der Waals surface area (Å²) >= 11 is 0. The molecule has 1 aliphatic carbocycles. The highest BCUT2D eigenvalue weighted by atomic mass is 16.5. The summed E-state index contributed by atoms with van der Waals surface area (Å²) in [6.45, 7) is 2.75. The quantitative estimate of drug-likeness (QED) is 0.701. The Morgan fingerprint density at radius 3 is 2.89 bits per heavy atom. The lowest BCUT2D eigenvalue weighted by Crippen LogP contribution is -2.11. The molecule has 0 saturated carbocycles. The van der Waals surface area contributed by atoms with Crippen molar-refractivity contribution >= 4 is 0 Å². The third kappa shape index (κ3) is 3.83. The Bertz CT molecular complexity index is 445. The van der Waals surface area contributed by atoms with Crippen molar-refractivity contribution in [1.29, 1.82) is 0 Å². The zero-order valence-corrected chi connectivity index (χ0v) is 11.3. The van der Waals surface area contributed by atoms with Gasteiger partial charge in [-0.1, -0.05) is 18.2 Å². The van der Waals surface area contributed by atoms with Gasteiger partial charge in [0, 0.05) is 12.5 Å². The molecule has 1 aromatic carbocycles. The van der Waals surface area contributed by atoms with Crippen molar-refractivity contribution in [3.05, 3.63) is 53.1 Å². The van der Waals surface area contributed by atoms with Crippen molar-refractivity contribution in [2.45, 2.75) is 19.4 Å². The molecule has 0 spiro atoms. The van der Waals surface area contributed by atoms with Crippen molar-refractivity contribution < 1.29 is 4.74 Å². The zero-order valence-electron chi connectivity index (χ0n) is 11.3. The Balaban J connectivity index is 1.79. The minimum absolute atomic E-state index is 0.466. The van der Waals surface area contributed by atoms with Crippen LogP contribution in [0, 0.1) is 5.92 Å². The second-order valence-electron chi connectivity index (χ2n) is 4.92. The van der Waals surface area contributed by atoms with Crippen molar-refractivity contribution in [3.63, 3.8) is 0 Å². The lowest BCUT2D eigenvalue weighted by Gasteiger charge is -2.16. The summed E-state index contributed by atoms with van der Waals surface area (Å²) in [7, 11) is 0. The van der Waals surface area contributed by atoms with Gasteiger partial charge < -0.3 is 16.2 Å². The molecule has 0 amide bonds. The molecule has 0 aliphatic heterocycles. The monoisotopic (exact) mass is 259 g/mol. The van der Waals surface area contributed by atoms with Gasteiger partial charge in [-0.25, -0.2) is 6.07 Å². The van der Waals surface area contributed by atoms with Crippen LogP contribution in [0.4, 0.5) is 0 Å². The summed E-state index contributed by atoms with van der Waals surface area (Å²) in [6, 6.07) is 6.31. The van der Waals surface area contributed by atoms with Gasteiger partial charge in [-0.15, -0.1) is 0 Å². The van der Waals surface area contributed by atoms with Crippen molar-refractivity contribution in [2.24, 2.45) is 17.4 Å². The first-order valence-electron chi connectivity index (χ1n) is 6.93. The van der Waals surface area contributed by atoms with Gasteiger partial charge >= 0.3 is 0 Å². The molecule has 1 aliphatic rings. The predicted octanol–water partition coefficient (Wildman–Crippen LogP) is 1.88. The largest absolute Gasteiger partial charge is 0.386 e. The van der Waals surface area contributed by atoms with Crippen LogP contribution in [-0.4, -0.2) is 19.7 Å². The third-order valence-electron chi connectivity index (χ3n) is 3.55. The fourth-order valence-corrected chi connectivity index (χ4v) is 2.49. The van der Waals surface area contributed by atoms with E-state index in [2.05, 4.69) is 36.4 Å². The SMILES string of the molecule is NCCc1[cH-]ccc1COCC1=CC=CC1CCN. The fourth-order valence-electron chi connectivity index (χ4n) is 2.49. The molecule has 1 aromatic rings. The summed E-state index contributed by atoms with van der Waals surface area (Å²) in [5.74, 6) is 0.466. The van der Waals surface area contributed by atoms with E-state index in [4.69, 9.17) is 16.2 Å². The van der Waals surface area contributed by atoms with E-state index in [1.54, 1.807) is 0 Å². The number of allylic oxidation sites excluding steroid dienone is 3. The number of ether oxygens (including phenoxy) is 1. The highest BCUT2D eigenvalue weighted by Crippen LogP contribution is 2.23. The average Bonchev–Trinajstić information content (AvgIpc) is 3.01. The lowest BCUT2D eigenvalue weighted by atomic mass is 10.00. The molecule has 0 fully saturated rings. The van der Waals surface area contributed by atoms with Crippen LogP contribution in [0.15, 0.2) is 42.0 Å². The van der Waals surface area contributed by atoms with Crippen LogP contribution in [0.2, 0.25) is 0 Å². The van der Waals surface area contributed by atoms with Crippen LogP contribution in [0.3, 0.4) is 0 Å². The summed E-state index contributed by atoms with van der Waals surface area (Å²) < 4.78 is 5.84. The number of hydrogen-bond donors (Lipinski definition) is 2. The van der Waals surface area contributed by atoms with E-state index in [-0.39, 0.29) is 0 Å². The van der Waals surface area contributed by atoms with Crippen molar-refractivity contribution in [1.82, 2.24) is 0 Å². The molecular formula is C16H23N2O-. The van der Waals surface area contributed by atoms with Gasteiger partial charge in [-0.2, -0.15) is 23.3 Å². The van der Waals surface area contributed by atoms with Crippen LogP contribution in [0.1, 0.15) is 17.5 Å². The molecular weight excluding hydrogens is 236 g/mol. The second kappa shape index (κ2) is 7.34. The number of hydrogen-bond acceptors (Lipinski definition) is 3. The minimum atomic E-state index is 0.466. The maximum atomic E-state index is 5.84. The minimum Gasteiger partial charge on any atom is -0.386 e. The van der Waals surface area contributed by atoms with Crippen LogP contribution >= 0.6 is 0 Å². The normalized spacial score (nSPS) is 18.0. The molecule has 0 heterocycles. The van der Waals surface area contributed by atoms with Gasteiger partial charge in [0.05, 0.1) is 6.61 Å². The molecule has 2 rings (SSSR count). The van der Waals surface area contributed by atoms with Gasteiger partial charge in [0.25, 0.3) is 0 Å². The van der Waals surface area contributed by atoms with Gasteiger partial charge in [-0.05, 0) is 31.5 Å². The highest BCUT2D eigenvalue weighted by molar-refractivity contribution is 5.30. The number of rotatable bonds is 8. The summed E-state index contributed by atoms with van der Waals surface area (Å²) in [4.78, 5) is 0. The molecule has 3 heteroatoms. The van der Waals surface area contributed by atoms with Crippen LogP contribution in [0.5, 0.6) is 0 Å². The van der Waals surface area contributed by atoms with Crippen LogP contribution in [-0.2, 0) is 17.8 Å². The molecule has 0 radical (unpaired) electrons. The average molecular weight is 259 g/mol. The molecule has 1 atom stereocenters. The van der Waals surface area contributed by atoms with Crippen LogP contribution < -0.4 is 11.5 Å². The fraction of sp³-hybridized carbons (Fsp3) is 0.438.